The average molecular weight is 345 g/mol. The van der Waals surface area contributed by atoms with E-state index in [0.29, 0.717) is 5.92 Å². The number of hydrogen-bond donors (Lipinski definition) is 0. The van der Waals surface area contributed by atoms with E-state index in [2.05, 4.69) is 56.6 Å². The van der Waals surface area contributed by atoms with Gasteiger partial charge in [0.15, 0.2) is 0 Å². The SMILES string of the molecule is C=Cc1ccccc1C(CCC)CC(C)c1nc(C)c2ccncc2n1. The van der Waals surface area contributed by atoms with E-state index in [-0.39, 0.29) is 5.92 Å². The first-order chi connectivity index (χ1) is 12.6. The van der Waals surface area contributed by atoms with E-state index in [1.807, 2.05) is 18.3 Å². The second-order valence-corrected chi connectivity index (χ2v) is 7.02. The molecule has 0 saturated heterocycles. The van der Waals surface area contributed by atoms with Crippen molar-refractivity contribution >= 4 is 17.0 Å². The third-order valence-corrected chi connectivity index (χ3v) is 5.08. The van der Waals surface area contributed by atoms with Crippen LogP contribution in [0.25, 0.3) is 17.0 Å². The number of rotatable bonds is 7. The first-order valence-corrected chi connectivity index (χ1v) is 9.43. The number of hydrogen-bond acceptors (Lipinski definition) is 3. The van der Waals surface area contributed by atoms with Crippen LogP contribution in [0.4, 0.5) is 0 Å². The maximum atomic E-state index is 4.79. The Hall–Kier alpha value is -2.55. The fourth-order valence-electron chi connectivity index (χ4n) is 3.73. The van der Waals surface area contributed by atoms with Gasteiger partial charge in [0.2, 0.25) is 0 Å². The van der Waals surface area contributed by atoms with Crippen molar-refractivity contribution in [1.29, 1.82) is 0 Å². The molecule has 2 heterocycles. The summed E-state index contributed by atoms with van der Waals surface area (Å²) in [6.45, 7) is 10.5. The molecule has 0 aliphatic carbocycles. The Balaban J connectivity index is 1.91. The van der Waals surface area contributed by atoms with Crippen molar-refractivity contribution in [1.82, 2.24) is 15.0 Å². The molecule has 26 heavy (non-hydrogen) atoms. The molecule has 1 aromatic carbocycles. The normalized spacial score (nSPS) is 13.5. The first-order valence-electron chi connectivity index (χ1n) is 9.43. The number of aryl methyl sites for hydroxylation is 1. The number of nitrogens with zero attached hydrogens (tertiary/aromatic N) is 3. The topological polar surface area (TPSA) is 38.7 Å². The van der Waals surface area contributed by atoms with Crippen LogP contribution in [-0.4, -0.2) is 15.0 Å². The number of benzene rings is 1. The van der Waals surface area contributed by atoms with Crippen LogP contribution >= 0.6 is 0 Å². The summed E-state index contributed by atoms with van der Waals surface area (Å²) in [5.41, 5.74) is 4.58. The van der Waals surface area contributed by atoms with Crippen LogP contribution < -0.4 is 0 Å². The Morgan fingerprint density at radius 3 is 2.73 bits per heavy atom. The first kappa shape index (κ1) is 18.2. The van der Waals surface area contributed by atoms with E-state index in [1.54, 1.807) is 6.20 Å². The summed E-state index contributed by atoms with van der Waals surface area (Å²) in [5, 5.41) is 1.08. The molecule has 0 amide bonds. The lowest BCUT2D eigenvalue weighted by Crippen LogP contribution is -2.09. The van der Waals surface area contributed by atoms with E-state index in [1.165, 1.54) is 11.1 Å². The molecular weight excluding hydrogens is 318 g/mol. The van der Waals surface area contributed by atoms with Crippen molar-refractivity contribution in [3.8, 4) is 0 Å². The molecule has 0 saturated carbocycles. The highest BCUT2D eigenvalue weighted by Crippen LogP contribution is 2.34. The van der Waals surface area contributed by atoms with Crippen molar-refractivity contribution in [2.75, 3.05) is 0 Å². The van der Waals surface area contributed by atoms with Crippen molar-refractivity contribution in [2.45, 2.75) is 51.9 Å². The minimum atomic E-state index is 0.285. The summed E-state index contributed by atoms with van der Waals surface area (Å²) in [5.74, 6) is 1.69. The fraction of sp³-hybridized carbons (Fsp3) is 0.348. The maximum Gasteiger partial charge on any atom is 0.132 e. The molecular formula is C23H27N3. The molecule has 0 aliphatic heterocycles. The second kappa shape index (κ2) is 8.22. The lowest BCUT2D eigenvalue weighted by atomic mass is 9.83. The largest absolute Gasteiger partial charge is 0.262 e. The zero-order valence-corrected chi connectivity index (χ0v) is 15.9. The summed E-state index contributed by atoms with van der Waals surface area (Å²) < 4.78 is 0. The van der Waals surface area contributed by atoms with E-state index >= 15 is 0 Å². The summed E-state index contributed by atoms with van der Waals surface area (Å²) in [7, 11) is 0. The Bertz CT molecular complexity index is 901. The van der Waals surface area contributed by atoms with Crippen LogP contribution in [0.5, 0.6) is 0 Å². The molecule has 3 aromatic rings. The van der Waals surface area contributed by atoms with Crippen LogP contribution in [0.2, 0.25) is 0 Å². The number of pyridine rings is 1. The van der Waals surface area contributed by atoms with Gasteiger partial charge in [0.1, 0.15) is 5.82 Å². The minimum Gasteiger partial charge on any atom is -0.262 e. The van der Waals surface area contributed by atoms with Crippen LogP contribution in [-0.2, 0) is 0 Å². The summed E-state index contributed by atoms with van der Waals surface area (Å²) in [6.07, 6.45) is 8.94. The highest BCUT2D eigenvalue weighted by Gasteiger charge is 2.20. The van der Waals surface area contributed by atoms with Gasteiger partial charge in [0, 0.05) is 23.2 Å². The lowest BCUT2D eigenvalue weighted by Gasteiger charge is -2.22. The molecule has 2 unspecified atom stereocenters. The highest BCUT2D eigenvalue weighted by atomic mass is 14.9. The Labute approximate surface area is 156 Å². The molecule has 2 aromatic heterocycles. The molecule has 0 aliphatic rings. The maximum absolute atomic E-state index is 4.79. The molecule has 3 nitrogen and oxygen atoms in total. The standard InChI is InChI=1S/C23H27N3/c1-5-9-19(21-11-8-7-10-18(21)6-2)14-16(3)23-25-17(4)20-12-13-24-15-22(20)26-23/h6-8,10-13,15-16,19H,2,5,9,14H2,1,3-4H3. The molecule has 0 radical (unpaired) electrons. The van der Waals surface area contributed by atoms with Crippen molar-refractivity contribution in [3.63, 3.8) is 0 Å². The molecule has 0 N–H and O–H groups in total. The van der Waals surface area contributed by atoms with Gasteiger partial charge < -0.3 is 0 Å². The van der Waals surface area contributed by atoms with Gasteiger partial charge in [0.05, 0.1) is 11.7 Å². The van der Waals surface area contributed by atoms with Crippen LogP contribution in [0.1, 0.15) is 67.6 Å². The van der Waals surface area contributed by atoms with E-state index in [4.69, 9.17) is 9.97 Å². The molecule has 2 atom stereocenters. The van der Waals surface area contributed by atoms with Gasteiger partial charge in [-0.3, -0.25) is 4.98 Å². The van der Waals surface area contributed by atoms with Gasteiger partial charge in [-0.2, -0.15) is 0 Å². The van der Waals surface area contributed by atoms with Crippen LogP contribution in [0.15, 0.2) is 49.3 Å². The molecule has 134 valence electrons. The predicted molar refractivity (Wildman–Crippen MR) is 109 cm³/mol. The molecule has 0 spiro atoms. The highest BCUT2D eigenvalue weighted by molar-refractivity contribution is 5.79. The summed E-state index contributed by atoms with van der Waals surface area (Å²) >= 11 is 0. The Morgan fingerprint density at radius 2 is 1.96 bits per heavy atom. The fourth-order valence-corrected chi connectivity index (χ4v) is 3.73. The average Bonchev–Trinajstić information content (AvgIpc) is 2.67. The monoisotopic (exact) mass is 345 g/mol. The number of fused-ring (bicyclic) bond motifs is 1. The van der Waals surface area contributed by atoms with Crippen LogP contribution in [0, 0.1) is 6.92 Å². The second-order valence-electron chi connectivity index (χ2n) is 7.02. The molecule has 3 heteroatoms. The zero-order valence-electron chi connectivity index (χ0n) is 15.9. The molecule has 0 bridgehead atoms. The van der Waals surface area contributed by atoms with Gasteiger partial charge in [-0.25, -0.2) is 9.97 Å². The van der Waals surface area contributed by atoms with Gasteiger partial charge in [-0.15, -0.1) is 0 Å². The Morgan fingerprint density at radius 1 is 1.15 bits per heavy atom. The summed E-state index contributed by atoms with van der Waals surface area (Å²) in [4.78, 5) is 13.8. The van der Waals surface area contributed by atoms with Gasteiger partial charge in [-0.05, 0) is 42.9 Å². The molecule has 3 rings (SSSR count). The van der Waals surface area contributed by atoms with Crippen LogP contribution in [0.3, 0.4) is 0 Å². The van der Waals surface area contributed by atoms with E-state index in [0.717, 1.165) is 41.7 Å². The number of aromatic nitrogens is 3. The molecule has 0 fully saturated rings. The third-order valence-electron chi connectivity index (χ3n) is 5.08. The van der Waals surface area contributed by atoms with Gasteiger partial charge >= 0.3 is 0 Å². The lowest BCUT2D eigenvalue weighted by molar-refractivity contribution is 0.506. The van der Waals surface area contributed by atoms with Crippen molar-refractivity contribution in [2.24, 2.45) is 0 Å². The zero-order chi connectivity index (χ0) is 18.5. The quantitative estimate of drug-likeness (QED) is 0.523. The van der Waals surface area contributed by atoms with Gasteiger partial charge in [0.25, 0.3) is 0 Å². The minimum absolute atomic E-state index is 0.285. The summed E-state index contributed by atoms with van der Waals surface area (Å²) in [6, 6.07) is 10.6. The van der Waals surface area contributed by atoms with E-state index in [9.17, 15) is 0 Å². The predicted octanol–water partition coefficient (Wildman–Crippen LogP) is 6.05. The van der Waals surface area contributed by atoms with E-state index < -0.39 is 0 Å². The van der Waals surface area contributed by atoms with Crippen molar-refractivity contribution in [3.05, 3.63) is 71.9 Å². The van der Waals surface area contributed by atoms with Gasteiger partial charge in [-0.1, -0.05) is 57.2 Å². The Kier molecular flexibility index (Phi) is 5.77. The third kappa shape index (κ3) is 3.82. The van der Waals surface area contributed by atoms with Crippen molar-refractivity contribution < 1.29 is 0 Å². The smallest absolute Gasteiger partial charge is 0.132 e.